The maximum Gasteiger partial charge on any atom is 0.244 e. The molecule has 0 atom stereocenters. The van der Waals surface area contributed by atoms with E-state index in [-0.39, 0.29) is 12.5 Å². The Morgan fingerprint density at radius 2 is 1.77 bits per heavy atom. The van der Waals surface area contributed by atoms with Gasteiger partial charge in [-0.15, -0.1) is 0 Å². The SMILES string of the molecule is COc1ccc(-c2nc3ccccc3n2CC(=O)Nc2cccc(C)c2)cc1OC. The molecule has 0 aliphatic rings. The van der Waals surface area contributed by atoms with Crippen molar-refractivity contribution in [3.05, 3.63) is 72.3 Å². The van der Waals surface area contributed by atoms with Gasteiger partial charge in [0.15, 0.2) is 11.5 Å². The summed E-state index contributed by atoms with van der Waals surface area (Å²) in [6.07, 6.45) is 0. The summed E-state index contributed by atoms with van der Waals surface area (Å²) in [6.45, 7) is 2.13. The molecule has 3 aromatic carbocycles. The van der Waals surface area contributed by atoms with Crippen LogP contribution < -0.4 is 14.8 Å². The minimum absolute atomic E-state index is 0.120. The Kier molecular flexibility index (Phi) is 5.39. The van der Waals surface area contributed by atoms with Crippen LogP contribution >= 0.6 is 0 Å². The van der Waals surface area contributed by atoms with Gasteiger partial charge in [-0.05, 0) is 55.0 Å². The highest BCUT2D eigenvalue weighted by atomic mass is 16.5. The normalized spacial score (nSPS) is 10.8. The van der Waals surface area contributed by atoms with Gasteiger partial charge in [0.2, 0.25) is 5.91 Å². The van der Waals surface area contributed by atoms with E-state index in [4.69, 9.17) is 14.5 Å². The van der Waals surface area contributed by atoms with Crippen LogP contribution in [-0.4, -0.2) is 29.7 Å². The number of carbonyl (C=O) groups is 1. The van der Waals surface area contributed by atoms with Crippen LogP contribution in [-0.2, 0) is 11.3 Å². The van der Waals surface area contributed by atoms with Gasteiger partial charge in [0.25, 0.3) is 0 Å². The first-order valence-corrected chi connectivity index (χ1v) is 9.63. The number of anilines is 1. The highest BCUT2D eigenvalue weighted by Gasteiger charge is 2.17. The molecule has 1 N–H and O–H groups in total. The zero-order valence-corrected chi connectivity index (χ0v) is 17.2. The first-order valence-electron chi connectivity index (χ1n) is 9.63. The van der Waals surface area contributed by atoms with Crippen LogP contribution in [0.25, 0.3) is 22.4 Å². The fraction of sp³-hybridized carbons (Fsp3) is 0.167. The summed E-state index contributed by atoms with van der Waals surface area (Å²) in [4.78, 5) is 17.6. The third kappa shape index (κ3) is 3.85. The molecular formula is C24H23N3O3. The molecule has 0 radical (unpaired) electrons. The summed E-state index contributed by atoms with van der Waals surface area (Å²) in [5, 5.41) is 2.97. The highest BCUT2D eigenvalue weighted by Crippen LogP contribution is 2.33. The summed E-state index contributed by atoms with van der Waals surface area (Å²) < 4.78 is 12.7. The summed E-state index contributed by atoms with van der Waals surface area (Å²) in [5.41, 5.74) is 4.42. The lowest BCUT2D eigenvalue weighted by atomic mass is 10.2. The predicted molar refractivity (Wildman–Crippen MR) is 118 cm³/mol. The number of carbonyl (C=O) groups excluding carboxylic acids is 1. The van der Waals surface area contributed by atoms with Gasteiger partial charge in [-0.2, -0.15) is 0 Å². The van der Waals surface area contributed by atoms with Crippen LogP contribution in [0.2, 0.25) is 0 Å². The smallest absolute Gasteiger partial charge is 0.244 e. The van der Waals surface area contributed by atoms with E-state index >= 15 is 0 Å². The standard InChI is InChI=1S/C24H23N3O3/c1-16-7-6-8-18(13-16)25-23(28)15-27-20-10-5-4-9-19(20)26-24(27)17-11-12-21(29-2)22(14-17)30-3/h4-14H,15H2,1-3H3,(H,25,28). The van der Waals surface area contributed by atoms with Crippen LogP contribution in [0.5, 0.6) is 11.5 Å². The second-order valence-corrected chi connectivity index (χ2v) is 7.00. The Morgan fingerprint density at radius 1 is 0.967 bits per heavy atom. The third-order valence-corrected chi connectivity index (χ3v) is 4.90. The zero-order chi connectivity index (χ0) is 21.1. The number of ether oxygens (including phenoxy) is 2. The number of hydrogen-bond donors (Lipinski definition) is 1. The predicted octanol–water partition coefficient (Wildman–Crippen LogP) is 4.67. The Bertz CT molecular complexity index is 1210. The number of aryl methyl sites for hydroxylation is 1. The highest BCUT2D eigenvalue weighted by molar-refractivity contribution is 5.92. The zero-order valence-electron chi connectivity index (χ0n) is 17.2. The molecule has 0 fully saturated rings. The average Bonchev–Trinajstić information content (AvgIpc) is 3.11. The molecule has 0 saturated heterocycles. The van der Waals surface area contributed by atoms with Crippen molar-refractivity contribution in [3.63, 3.8) is 0 Å². The lowest BCUT2D eigenvalue weighted by molar-refractivity contribution is -0.116. The summed E-state index contributed by atoms with van der Waals surface area (Å²) >= 11 is 0. The van der Waals surface area contributed by atoms with E-state index in [1.54, 1.807) is 14.2 Å². The van der Waals surface area contributed by atoms with Gasteiger partial charge in [-0.25, -0.2) is 4.98 Å². The molecule has 4 aromatic rings. The van der Waals surface area contributed by atoms with Crippen LogP contribution in [0.3, 0.4) is 0 Å². The molecule has 1 aromatic heterocycles. The third-order valence-electron chi connectivity index (χ3n) is 4.90. The molecule has 4 rings (SSSR count). The Morgan fingerprint density at radius 3 is 2.53 bits per heavy atom. The lowest BCUT2D eigenvalue weighted by Gasteiger charge is -2.12. The lowest BCUT2D eigenvalue weighted by Crippen LogP contribution is -2.19. The number of methoxy groups -OCH3 is 2. The summed E-state index contributed by atoms with van der Waals surface area (Å²) in [6, 6.07) is 21.1. The molecule has 0 unspecified atom stereocenters. The van der Waals surface area contributed by atoms with Crippen molar-refractivity contribution in [3.8, 4) is 22.9 Å². The second kappa shape index (κ2) is 8.29. The molecule has 30 heavy (non-hydrogen) atoms. The molecule has 1 heterocycles. The number of nitrogens with zero attached hydrogens (tertiary/aromatic N) is 2. The molecule has 0 saturated carbocycles. The quantitative estimate of drug-likeness (QED) is 0.510. The van der Waals surface area contributed by atoms with Crippen molar-refractivity contribution in [1.82, 2.24) is 9.55 Å². The fourth-order valence-corrected chi connectivity index (χ4v) is 3.50. The number of aromatic nitrogens is 2. The van der Waals surface area contributed by atoms with Crippen molar-refractivity contribution in [2.75, 3.05) is 19.5 Å². The minimum Gasteiger partial charge on any atom is -0.493 e. The number of nitrogens with one attached hydrogen (secondary N) is 1. The van der Waals surface area contributed by atoms with Gasteiger partial charge in [-0.3, -0.25) is 4.79 Å². The molecule has 0 aliphatic heterocycles. The molecular weight excluding hydrogens is 378 g/mol. The topological polar surface area (TPSA) is 65.4 Å². The molecule has 0 bridgehead atoms. The number of fused-ring (bicyclic) bond motifs is 1. The molecule has 6 nitrogen and oxygen atoms in total. The van der Waals surface area contributed by atoms with Crippen molar-refractivity contribution in [1.29, 1.82) is 0 Å². The summed E-state index contributed by atoms with van der Waals surface area (Å²) in [5.74, 6) is 1.82. The Balaban J connectivity index is 1.73. The van der Waals surface area contributed by atoms with Crippen LogP contribution in [0.15, 0.2) is 66.7 Å². The number of para-hydroxylation sites is 2. The van der Waals surface area contributed by atoms with Gasteiger partial charge in [-0.1, -0.05) is 24.3 Å². The van der Waals surface area contributed by atoms with Gasteiger partial charge >= 0.3 is 0 Å². The number of benzene rings is 3. The van der Waals surface area contributed by atoms with E-state index < -0.39 is 0 Å². The first-order chi connectivity index (χ1) is 14.6. The van der Waals surface area contributed by atoms with Gasteiger partial charge < -0.3 is 19.4 Å². The Hall–Kier alpha value is -3.80. The van der Waals surface area contributed by atoms with Crippen LogP contribution in [0.4, 0.5) is 5.69 Å². The van der Waals surface area contributed by atoms with E-state index in [1.165, 1.54) is 0 Å². The van der Waals surface area contributed by atoms with Gasteiger partial charge in [0.05, 0.1) is 25.3 Å². The van der Waals surface area contributed by atoms with E-state index in [2.05, 4.69) is 5.32 Å². The molecule has 6 heteroatoms. The van der Waals surface area contributed by atoms with E-state index in [0.29, 0.717) is 17.3 Å². The van der Waals surface area contributed by atoms with E-state index in [9.17, 15) is 4.79 Å². The summed E-state index contributed by atoms with van der Waals surface area (Å²) in [7, 11) is 3.20. The van der Waals surface area contributed by atoms with Crippen molar-refractivity contribution >= 4 is 22.6 Å². The van der Waals surface area contributed by atoms with Gasteiger partial charge in [0, 0.05) is 11.3 Å². The first kappa shape index (κ1) is 19.5. The van der Waals surface area contributed by atoms with Crippen molar-refractivity contribution < 1.29 is 14.3 Å². The van der Waals surface area contributed by atoms with Crippen LogP contribution in [0.1, 0.15) is 5.56 Å². The van der Waals surface area contributed by atoms with Crippen molar-refractivity contribution in [2.45, 2.75) is 13.5 Å². The fourth-order valence-electron chi connectivity index (χ4n) is 3.50. The maximum atomic E-state index is 12.8. The maximum absolute atomic E-state index is 12.8. The number of rotatable bonds is 6. The number of amides is 1. The molecule has 1 amide bonds. The minimum atomic E-state index is -0.120. The van der Waals surface area contributed by atoms with Crippen LogP contribution in [0, 0.1) is 6.92 Å². The molecule has 0 aliphatic carbocycles. The van der Waals surface area contributed by atoms with Gasteiger partial charge in [0.1, 0.15) is 12.4 Å². The number of hydrogen-bond acceptors (Lipinski definition) is 4. The average molecular weight is 401 g/mol. The molecule has 0 spiro atoms. The van der Waals surface area contributed by atoms with E-state index in [1.807, 2.05) is 78.2 Å². The largest absolute Gasteiger partial charge is 0.493 e. The van der Waals surface area contributed by atoms with Crippen molar-refractivity contribution in [2.24, 2.45) is 0 Å². The Labute approximate surface area is 175 Å². The monoisotopic (exact) mass is 401 g/mol. The number of imidazole rings is 1. The molecule has 152 valence electrons. The van der Waals surface area contributed by atoms with E-state index in [0.717, 1.165) is 27.8 Å². The second-order valence-electron chi connectivity index (χ2n) is 7.00.